The Hall–Kier alpha value is -3.65. The average Bonchev–Trinajstić information content (AvgIpc) is 3.18. The molecule has 0 unspecified atom stereocenters. The van der Waals surface area contributed by atoms with Gasteiger partial charge in [-0.15, -0.1) is 11.3 Å². The number of nitrogens with two attached hydrogens (primary N) is 1. The van der Waals surface area contributed by atoms with Crippen molar-refractivity contribution in [3.8, 4) is 27.4 Å². The van der Waals surface area contributed by atoms with E-state index in [1.54, 1.807) is 12.4 Å². The maximum Gasteiger partial charge on any atom is 0.254 e. The molecule has 0 aliphatic rings. The zero-order valence-electron chi connectivity index (χ0n) is 16.4. The lowest BCUT2D eigenvalue weighted by molar-refractivity contribution is 0.0991. The average molecular weight is 437 g/mol. The highest BCUT2D eigenvalue weighted by Crippen LogP contribution is 2.37. The first-order valence-corrected chi connectivity index (χ1v) is 10.1. The van der Waals surface area contributed by atoms with E-state index < -0.39 is 23.1 Å². The van der Waals surface area contributed by atoms with E-state index in [0.717, 1.165) is 39.4 Å². The molecule has 2 N–H and O–H groups in total. The number of halogens is 2. The number of pyridine rings is 1. The molecule has 0 spiro atoms. The van der Waals surface area contributed by atoms with Crippen LogP contribution in [0, 0.1) is 18.6 Å². The number of hydrogen-bond donors (Lipinski definition) is 1. The Morgan fingerprint density at radius 3 is 2.55 bits per heavy atom. The number of hydrogen-bond acceptors (Lipinski definition) is 5. The molecule has 2 aromatic carbocycles. The van der Waals surface area contributed by atoms with E-state index in [9.17, 15) is 13.6 Å². The van der Waals surface area contributed by atoms with Crippen LogP contribution in [-0.2, 0) is 6.61 Å². The lowest BCUT2D eigenvalue weighted by Gasteiger charge is -2.08. The van der Waals surface area contributed by atoms with Crippen molar-refractivity contribution in [3.63, 3.8) is 0 Å². The first kappa shape index (κ1) is 20.6. The summed E-state index contributed by atoms with van der Waals surface area (Å²) in [5.41, 5.74) is 7.94. The molecule has 0 bridgehead atoms. The molecule has 31 heavy (non-hydrogen) atoms. The van der Waals surface area contributed by atoms with Crippen LogP contribution in [0.1, 0.15) is 20.9 Å². The summed E-state index contributed by atoms with van der Waals surface area (Å²) in [6, 6.07) is 13.8. The summed E-state index contributed by atoms with van der Waals surface area (Å²) in [6.45, 7) is 1.94. The van der Waals surface area contributed by atoms with Gasteiger partial charge in [0.15, 0.2) is 11.6 Å². The van der Waals surface area contributed by atoms with Gasteiger partial charge >= 0.3 is 0 Å². The van der Waals surface area contributed by atoms with Crippen molar-refractivity contribution >= 4 is 17.2 Å². The second kappa shape index (κ2) is 8.61. The topological polar surface area (TPSA) is 78.1 Å². The molecule has 0 fully saturated rings. The van der Waals surface area contributed by atoms with Crippen molar-refractivity contribution in [2.24, 2.45) is 5.73 Å². The molecule has 0 aliphatic carbocycles. The number of carbonyl (C=O) groups excluding carboxylic acids is 1. The largest absolute Gasteiger partial charge is 0.483 e. The van der Waals surface area contributed by atoms with Gasteiger partial charge in [-0.2, -0.15) is 0 Å². The van der Waals surface area contributed by atoms with Crippen LogP contribution in [0.3, 0.4) is 0 Å². The normalized spacial score (nSPS) is 10.8. The Bertz CT molecular complexity index is 1240. The second-order valence-electron chi connectivity index (χ2n) is 6.78. The first-order valence-electron chi connectivity index (χ1n) is 9.32. The summed E-state index contributed by atoms with van der Waals surface area (Å²) < 4.78 is 33.7. The molecule has 0 atom stereocenters. The third-order valence-corrected chi connectivity index (χ3v) is 5.65. The maximum atomic E-state index is 14.4. The van der Waals surface area contributed by atoms with Gasteiger partial charge in [0.05, 0.1) is 10.6 Å². The van der Waals surface area contributed by atoms with Crippen LogP contribution in [0.25, 0.3) is 21.7 Å². The van der Waals surface area contributed by atoms with Gasteiger partial charge in [0.2, 0.25) is 0 Å². The van der Waals surface area contributed by atoms with Gasteiger partial charge in [-0.3, -0.25) is 9.78 Å². The zero-order valence-corrected chi connectivity index (χ0v) is 17.2. The van der Waals surface area contributed by atoms with E-state index >= 15 is 0 Å². The number of benzene rings is 2. The Morgan fingerprint density at radius 2 is 1.87 bits per heavy atom. The number of amides is 1. The number of primary amides is 1. The predicted octanol–water partition coefficient (Wildman–Crippen LogP) is 5.14. The summed E-state index contributed by atoms with van der Waals surface area (Å²) in [4.78, 5) is 21.1. The van der Waals surface area contributed by atoms with Gasteiger partial charge < -0.3 is 10.5 Å². The summed E-state index contributed by atoms with van der Waals surface area (Å²) in [6.07, 6.45) is 3.43. The Labute approximate surface area is 181 Å². The van der Waals surface area contributed by atoms with Crippen LogP contribution in [0.4, 0.5) is 8.78 Å². The number of nitrogens with zero attached hydrogens (tertiary/aromatic N) is 2. The molecule has 0 aliphatic heterocycles. The Balaban J connectivity index is 1.68. The van der Waals surface area contributed by atoms with E-state index in [4.69, 9.17) is 10.5 Å². The van der Waals surface area contributed by atoms with Crippen molar-refractivity contribution in [2.45, 2.75) is 13.5 Å². The van der Waals surface area contributed by atoms with Crippen LogP contribution in [0.5, 0.6) is 5.75 Å². The molecule has 0 radical (unpaired) electrons. The van der Waals surface area contributed by atoms with E-state index in [-0.39, 0.29) is 12.4 Å². The highest BCUT2D eigenvalue weighted by atomic mass is 32.1. The fourth-order valence-corrected chi connectivity index (χ4v) is 4.03. The van der Waals surface area contributed by atoms with Gasteiger partial charge in [0.1, 0.15) is 23.0 Å². The molecule has 0 saturated heterocycles. The minimum atomic E-state index is -1.20. The van der Waals surface area contributed by atoms with E-state index in [1.165, 1.54) is 11.3 Å². The molecule has 2 heterocycles. The molecule has 156 valence electrons. The van der Waals surface area contributed by atoms with Crippen LogP contribution in [0.2, 0.25) is 0 Å². The molecule has 5 nitrogen and oxygen atoms in total. The summed E-state index contributed by atoms with van der Waals surface area (Å²) in [5.74, 6) is -3.64. The number of aromatic nitrogens is 2. The summed E-state index contributed by atoms with van der Waals surface area (Å²) in [5, 5.41) is 0.582. The van der Waals surface area contributed by atoms with Crippen molar-refractivity contribution in [1.29, 1.82) is 0 Å². The number of carbonyl (C=O) groups is 1. The fraction of sp³-hybridized carbons (Fsp3) is 0.0870. The van der Waals surface area contributed by atoms with Crippen molar-refractivity contribution in [3.05, 3.63) is 88.7 Å². The van der Waals surface area contributed by atoms with Gasteiger partial charge in [0.25, 0.3) is 5.91 Å². The zero-order chi connectivity index (χ0) is 22.0. The van der Waals surface area contributed by atoms with Crippen molar-refractivity contribution < 1.29 is 18.3 Å². The molecular formula is C23H17F2N3O2S. The Morgan fingerprint density at radius 1 is 1.10 bits per heavy atom. The van der Waals surface area contributed by atoms with Gasteiger partial charge in [-0.25, -0.2) is 13.8 Å². The Kier molecular flexibility index (Phi) is 5.73. The smallest absolute Gasteiger partial charge is 0.254 e. The third kappa shape index (κ3) is 4.29. The quantitative estimate of drug-likeness (QED) is 0.453. The number of ether oxygens (including phenoxy) is 1. The SMILES string of the molecule is Cc1ccc(-c2nc(COc3ccc(F)c(C(N)=O)c3F)sc2-c2cccnc2)cc1. The molecule has 8 heteroatoms. The molecule has 2 aromatic heterocycles. The number of thiazole rings is 1. The highest BCUT2D eigenvalue weighted by molar-refractivity contribution is 7.15. The minimum absolute atomic E-state index is 0.0649. The predicted molar refractivity (Wildman–Crippen MR) is 115 cm³/mol. The highest BCUT2D eigenvalue weighted by Gasteiger charge is 2.20. The van der Waals surface area contributed by atoms with Crippen LogP contribution in [0.15, 0.2) is 60.9 Å². The third-order valence-electron chi connectivity index (χ3n) is 4.57. The molecule has 4 rings (SSSR count). The minimum Gasteiger partial charge on any atom is -0.483 e. The van der Waals surface area contributed by atoms with E-state index in [1.807, 2.05) is 43.3 Å². The van der Waals surface area contributed by atoms with Gasteiger partial charge in [0, 0.05) is 23.5 Å². The van der Waals surface area contributed by atoms with Crippen LogP contribution < -0.4 is 10.5 Å². The van der Waals surface area contributed by atoms with E-state index in [2.05, 4.69) is 9.97 Å². The first-order chi connectivity index (χ1) is 14.9. The molecular weight excluding hydrogens is 420 g/mol. The fourth-order valence-electron chi connectivity index (χ4n) is 3.04. The second-order valence-corrected chi connectivity index (χ2v) is 7.86. The maximum absolute atomic E-state index is 14.4. The monoisotopic (exact) mass is 437 g/mol. The number of rotatable bonds is 6. The van der Waals surface area contributed by atoms with Crippen LogP contribution >= 0.6 is 11.3 Å². The lowest BCUT2D eigenvalue weighted by atomic mass is 10.1. The standard InChI is InChI=1S/C23H17F2N3O2S/c1-13-4-6-14(7-5-13)21-22(15-3-2-10-27-11-15)31-18(28-21)12-30-17-9-8-16(24)19(20(17)25)23(26)29/h2-11H,12H2,1H3,(H2,26,29). The van der Waals surface area contributed by atoms with Gasteiger partial charge in [-0.1, -0.05) is 35.9 Å². The number of aryl methyl sites for hydroxylation is 1. The van der Waals surface area contributed by atoms with Crippen molar-refractivity contribution in [2.75, 3.05) is 0 Å². The van der Waals surface area contributed by atoms with E-state index in [0.29, 0.717) is 5.01 Å². The summed E-state index contributed by atoms with van der Waals surface area (Å²) >= 11 is 1.39. The van der Waals surface area contributed by atoms with Crippen molar-refractivity contribution in [1.82, 2.24) is 9.97 Å². The molecule has 1 amide bonds. The molecule has 0 saturated carbocycles. The van der Waals surface area contributed by atoms with Gasteiger partial charge in [-0.05, 0) is 25.1 Å². The lowest BCUT2D eigenvalue weighted by Crippen LogP contribution is -2.16. The molecule has 4 aromatic rings. The van der Waals surface area contributed by atoms with Crippen LogP contribution in [-0.4, -0.2) is 15.9 Å². The summed E-state index contributed by atoms with van der Waals surface area (Å²) in [7, 11) is 0.